The van der Waals surface area contributed by atoms with Crippen molar-refractivity contribution in [2.75, 3.05) is 13.1 Å². The van der Waals surface area contributed by atoms with Crippen molar-refractivity contribution < 1.29 is 9.59 Å². The van der Waals surface area contributed by atoms with E-state index in [1.54, 1.807) is 4.90 Å². The Balaban J connectivity index is 2.09. The van der Waals surface area contributed by atoms with Gasteiger partial charge in [0.2, 0.25) is 5.91 Å². The summed E-state index contributed by atoms with van der Waals surface area (Å²) in [6.07, 6.45) is 8.60. The molecule has 32 heavy (non-hydrogen) atoms. The zero-order valence-corrected chi connectivity index (χ0v) is 20.6. The van der Waals surface area contributed by atoms with E-state index in [0.29, 0.717) is 18.7 Å². The molecule has 0 unspecified atom stereocenters. The van der Waals surface area contributed by atoms with Gasteiger partial charge in [0.05, 0.1) is 6.54 Å². The van der Waals surface area contributed by atoms with E-state index in [-0.39, 0.29) is 24.4 Å². The Morgan fingerprint density at radius 1 is 0.969 bits per heavy atom. The Kier molecular flexibility index (Phi) is 10.5. The van der Waals surface area contributed by atoms with Gasteiger partial charge in [-0.3, -0.25) is 9.59 Å². The normalized spacial score (nSPS) is 11.1. The first-order chi connectivity index (χ1) is 15.4. The summed E-state index contributed by atoms with van der Waals surface area (Å²) in [7, 11) is 1.99. The van der Waals surface area contributed by atoms with Crippen molar-refractivity contribution >= 4 is 11.8 Å². The predicted molar refractivity (Wildman–Crippen MR) is 132 cm³/mol. The van der Waals surface area contributed by atoms with Crippen LogP contribution in [0.3, 0.4) is 0 Å². The van der Waals surface area contributed by atoms with Crippen LogP contribution in [0.25, 0.3) is 0 Å². The van der Waals surface area contributed by atoms with E-state index in [0.717, 1.165) is 25.0 Å². The molecule has 0 N–H and O–H groups in total. The summed E-state index contributed by atoms with van der Waals surface area (Å²) in [5.41, 5.74) is 3.00. The molecule has 5 heteroatoms. The highest BCUT2D eigenvalue weighted by molar-refractivity contribution is 5.96. The van der Waals surface area contributed by atoms with Crippen LogP contribution in [0.2, 0.25) is 0 Å². The van der Waals surface area contributed by atoms with Crippen LogP contribution in [0.15, 0.2) is 42.6 Å². The second-order valence-electron chi connectivity index (χ2n) is 8.96. The molecule has 0 saturated carbocycles. The topological polar surface area (TPSA) is 45.6 Å². The van der Waals surface area contributed by atoms with Gasteiger partial charge in [-0.2, -0.15) is 0 Å². The molecule has 0 atom stereocenters. The third-order valence-corrected chi connectivity index (χ3v) is 6.00. The molecule has 0 aliphatic heterocycles. The third kappa shape index (κ3) is 7.54. The largest absolute Gasteiger partial charge is 0.353 e. The van der Waals surface area contributed by atoms with Gasteiger partial charge in [-0.05, 0) is 62.9 Å². The number of amides is 2. The molecule has 0 spiro atoms. The van der Waals surface area contributed by atoms with Gasteiger partial charge in [-0.25, -0.2) is 0 Å². The molecule has 0 fully saturated rings. The van der Waals surface area contributed by atoms with E-state index >= 15 is 0 Å². The summed E-state index contributed by atoms with van der Waals surface area (Å²) in [4.78, 5) is 30.1. The minimum absolute atomic E-state index is 0.00196. The Hall–Kier alpha value is -2.56. The predicted octanol–water partition coefficient (Wildman–Crippen LogP) is 5.44. The molecule has 0 saturated heterocycles. The first-order valence-corrected chi connectivity index (χ1v) is 12.1. The molecule has 0 aliphatic carbocycles. The van der Waals surface area contributed by atoms with Crippen LogP contribution in [0.1, 0.15) is 81.4 Å². The monoisotopic (exact) mass is 439 g/mol. The number of carbonyl (C=O) groups is 2. The Labute approximate surface area is 194 Å². The van der Waals surface area contributed by atoms with Crippen LogP contribution < -0.4 is 0 Å². The second kappa shape index (κ2) is 13.1. The lowest BCUT2D eigenvalue weighted by Gasteiger charge is -2.30. The van der Waals surface area contributed by atoms with Crippen LogP contribution in [-0.2, 0) is 24.8 Å². The number of benzene rings is 1. The van der Waals surface area contributed by atoms with Crippen molar-refractivity contribution in [1.82, 2.24) is 14.4 Å². The van der Waals surface area contributed by atoms with E-state index in [1.165, 1.54) is 24.8 Å². The SMILES string of the molecule is CCCCCc1ccc(C(=O)N(CC(=O)N(CCCC)Cc2cccn2C)C(C)C)cc1. The summed E-state index contributed by atoms with van der Waals surface area (Å²) in [5, 5.41) is 0. The molecule has 2 aromatic rings. The first kappa shape index (κ1) is 25.7. The summed E-state index contributed by atoms with van der Waals surface area (Å²) in [6.45, 7) is 9.63. The zero-order chi connectivity index (χ0) is 23.5. The van der Waals surface area contributed by atoms with Crippen molar-refractivity contribution in [3.05, 3.63) is 59.4 Å². The fourth-order valence-electron chi connectivity index (χ4n) is 3.79. The molecule has 2 amide bonds. The Bertz CT molecular complexity index is 839. The van der Waals surface area contributed by atoms with E-state index in [4.69, 9.17) is 0 Å². The maximum atomic E-state index is 13.3. The molecule has 176 valence electrons. The van der Waals surface area contributed by atoms with Gasteiger partial charge >= 0.3 is 0 Å². The summed E-state index contributed by atoms with van der Waals surface area (Å²) in [6, 6.07) is 11.9. The summed E-state index contributed by atoms with van der Waals surface area (Å²) >= 11 is 0. The van der Waals surface area contributed by atoms with Crippen molar-refractivity contribution in [3.8, 4) is 0 Å². The van der Waals surface area contributed by atoms with E-state index in [2.05, 4.69) is 13.8 Å². The summed E-state index contributed by atoms with van der Waals surface area (Å²) < 4.78 is 2.04. The molecule has 1 heterocycles. The molecule has 0 aliphatic rings. The Morgan fingerprint density at radius 2 is 1.66 bits per heavy atom. The second-order valence-corrected chi connectivity index (χ2v) is 8.96. The van der Waals surface area contributed by atoms with Crippen molar-refractivity contribution in [2.24, 2.45) is 7.05 Å². The summed E-state index contributed by atoms with van der Waals surface area (Å²) in [5.74, 6) is -0.0827. The maximum absolute atomic E-state index is 13.3. The van der Waals surface area contributed by atoms with Gasteiger partial charge in [0.25, 0.3) is 5.91 Å². The molecular weight excluding hydrogens is 398 g/mol. The minimum Gasteiger partial charge on any atom is -0.353 e. The van der Waals surface area contributed by atoms with Crippen LogP contribution >= 0.6 is 0 Å². The lowest BCUT2D eigenvalue weighted by Crippen LogP contribution is -2.46. The number of carbonyl (C=O) groups excluding carboxylic acids is 2. The van der Waals surface area contributed by atoms with Crippen LogP contribution in [0, 0.1) is 0 Å². The first-order valence-electron chi connectivity index (χ1n) is 12.1. The molecule has 0 radical (unpaired) electrons. The number of rotatable bonds is 13. The van der Waals surface area contributed by atoms with E-state index in [1.807, 2.05) is 73.0 Å². The third-order valence-electron chi connectivity index (χ3n) is 6.00. The fraction of sp³-hybridized carbons (Fsp3) is 0.556. The molecular formula is C27H41N3O2. The van der Waals surface area contributed by atoms with Crippen molar-refractivity contribution in [3.63, 3.8) is 0 Å². The number of nitrogens with zero attached hydrogens (tertiary/aromatic N) is 3. The molecule has 2 rings (SSSR count). The highest BCUT2D eigenvalue weighted by atomic mass is 16.2. The van der Waals surface area contributed by atoms with E-state index in [9.17, 15) is 9.59 Å². The van der Waals surface area contributed by atoms with Crippen molar-refractivity contribution in [2.45, 2.75) is 78.8 Å². The van der Waals surface area contributed by atoms with Crippen LogP contribution in [0.5, 0.6) is 0 Å². The quantitative estimate of drug-likeness (QED) is 0.390. The number of unbranched alkanes of at least 4 members (excludes halogenated alkanes) is 3. The number of aromatic nitrogens is 1. The van der Waals surface area contributed by atoms with Crippen LogP contribution in [0.4, 0.5) is 0 Å². The molecule has 5 nitrogen and oxygen atoms in total. The number of aryl methyl sites for hydroxylation is 2. The highest BCUT2D eigenvalue weighted by Gasteiger charge is 2.24. The highest BCUT2D eigenvalue weighted by Crippen LogP contribution is 2.14. The Morgan fingerprint density at radius 3 is 2.22 bits per heavy atom. The fourth-order valence-corrected chi connectivity index (χ4v) is 3.79. The van der Waals surface area contributed by atoms with Gasteiger partial charge in [0.15, 0.2) is 0 Å². The lowest BCUT2D eigenvalue weighted by atomic mass is 10.0. The van der Waals surface area contributed by atoms with Gasteiger partial charge in [0, 0.05) is 37.1 Å². The smallest absolute Gasteiger partial charge is 0.254 e. The molecule has 1 aromatic heterocycles. The zero-order valence-electron chi connectivity index (χ0n) is 20.6. The van der Waals surface area contributed by atoms with E-state index < -0.39 is 0 Å². The number of hydrogen-bond acceptors (Lipinski definition) is 2. The van der Waals surface area contributed by atoms with Gasteiger partial charge in [-0.15, -0.1) is 0 Å². The van der Waals surface area contributed by atoms with Crippen molar-refractivity contribution in [1.29, 1.82) is 0 Å². The molecule has 1 aromatic carbocycles. The minimum atomic E-state index is -0.0808. The molecule has 0 bridgehead atoms. The number of hydrogen-bond donors (Lipinski definition) is 0. The lowest BCUT2D eigenvalue weighted by molar-refractivity contribution is -0.133. The van der Waals surface area contributed by atoms with Gasteiger partial charge < -0.3 is 14.4 Å². The maximum Gasteiger partial charge on any atom is 0.254 e. The standard InChI is InChI=1S/C27H41N3O2/c1-6-8-10-12-23-14-16-24(17-15-23)27(32)30(22(3)4)21-26(31)29(19-9-7-2)20-25-13-11-18-28(25)5/h11,13-18,22H,6-10,12,19-21H2,1-5H3. The van der Waals surface area contributed by atoms with Gasteiger partial charge in [-0.1, -0.05) is 45.2 Å². The van der Waals surface area contributed by atoms with Crippen LogP contribution in [-0.4, -0.2) is 45.3 Å². The van der Waals surface area contributed by atoms with Gasteiger partial charge in [0.1, 0.15) is 6.54 Å². The average Bonchev–Trinajstić information content (AvgIpc) is 3.19. The average molecular weight is 440 g/mol.